The van der Waals surface area contributed by atoms with Crippen LogP contribution in [0.25, 0.3) is 11.3 Å². The Bertz CT molecular complexity index is 1160. The molecular formula is C23H22FN5O4. The minimum absolute atomic E-state index is 0.202. The van der Waals surface area contributed by atoms with Gasteiger partial charge in [0.2, 0.25) is 11.7 Å². The summed E-state index contributed by atoms with van der Waals surface area (Å²) in [6, 6.07) is 14.7. The molecule has 0 spiro atoms. The van der Waals surface area contributed by atoms with Crippen LogP contribution in [0.4, 0.5) is 21.6 Å². The van der Waals surface area contributed by atoms with Crippen LogP contribution in [-0.2, 0) is 4.79 Å². The van der Waals surface area contributed by atoms with Gasteiger partial charge < -0.3 is 15.0 Å². The van der Waals surface area contributed by atoms with E-state index in [1.165, 1.54) is 6.07 Å². The van der Waals surface area contributed by atoms with Gasteiger partial charge in [-0.15, -0.1) is 10.2 Å². The average molecular weight is 451 g/mol. The second-order valence-corrected chi connectivity index (χ2v) is 7.65. The van der Waals surface area contributed by atoms with E-state index in [1.807, 2.05) is 36.4 Å². The third-order valence-corrected chi connectivity index (χ3v) is 5.63. The lowest BCUT2D eigenvalue weighted by Gasteiger charge is -2.31. The van der Waals surface area contributed by atoms with E-state index >= 15 is 0 Å². The summed E-state index contributed by atoms with van der Waals surface area (Å²) in [4.78, 5) is 24.7. The molecule has 170 valence electrons. The van der Waals surface area contributed by atoms with E-state index in [1.54, 1.807) is 7.11 Å². The fraction of sp³-hybridized carbons (Fsp3) is 0.261. The largest absolute Gasteiger partial charge is 0.496 e. The first-order valence-corrected chi connectivity index (χ1v) is 10.4. The Hall–Kier alpha value is -4.08. The summed E-state index contributed by atoms with van der Waals surface area (Å²) in [5, 5.41) is 22.2. The highest BCUT2D eigenvalue weighted by Crippen LogP contribution is 2.29. The standard InChI is InChI=1S/C23H22FN5O4/c1-33-21-5-3-2-4-17(21)19-8-9-22(27-26-19)28-12-10-15(11-13-28)23(30)25-16-6-7-18(24)20(14-16)29(31)32/h2-9,14-15H,10-13H2,1H3,(H,25,30). The molecule has 0 saturated carbocycles. The van der Waals surface area contributed by atoms with Crippen molar-refractivity contribution in [3.8, 4) is 17.0 Å². The number of nitro groups is 1. The molecule has 0 bridgehead atoms. The third kappa shape index (κ3) is 4.89. The van der Waals surface area contributed by atoms with Crippen LogP contribution < -0.4 is 15.0 Å². The minimum atomic E-state index is -0.941. The molecule has 9 nitrogen and oxygen atoms in total. The van der Waals surface area contributed by atoms with Gasteiger partial charge in [-0.05, 0) is 49.2 Å². The van der Waals surface area contributed by atoms with Crippen LogP contribution in [-0.4, -0.2) is 41.2 Å². The zero-order valence-corrected chi connectivity index (χ0v) is 17.9. The molecule has 1 fully saturated rings. The number of piperidine rings is 1. The Morgan fingerprint density at radius 3 is 2.58 bits per heavy atom. The summed E-state index contributed by atoms with van der Waals surface area (Å²) in [7, 11) is 1.61. The lowest BCUT2D eigenvalue weighted by molar-refractivity contribution is -0.387. The zero-order valence-electron chi connectivity index (χ0n) is 17.9. The fourth-order valence-corrected chi connectivity index (χ4v) is 3.84. The normalized spacial score (nSPS) is 14.1. The van der Waals surface area contributed by atoms with Crippen LogP contribution in [0.2, 0.25) is 0 Å². The molecule has 0 aliphatic carbocycles. The number of halogens is 1. The molecule has 33 heavy (non-hydrogen) atoms. The number of para-hydroxylation sites is 1. The molecule has 10 heteroatoms. The molecule has 1 saturated heterocycles. The zero-order chi connectivity index (χ0) is 23.4. The number of aromatic nitrogens is 2. The van der Waals surface area contributed by atoms with Crippen molar-refractivity contribution < 1.29 is 18.8 Å². The Morgan fingerprint density at radius 2 is 1.91 bits per heavy atom. The van der Waals surface area contributed by atoms with Crippen LogP contribution in [0.3, 0.4) is 0 Å². The summed E-state index contributed by atoms with van der Waals surface area (Å²) in [5.41, 5.74) is 1.10. The molecule has 1 N–H and O–H groups in total. The summed E-state index contributed by atoms with van der Waals surface area (Å²) < 4.78 is 18.9. The van der Waals surface area contributed by atoms with E-state index < -0.39 is 16.4 Å². The maximum Gasteiger partial charge on any atom is 0.306 e. The monoisotopic (exact) mass is 451 g/mol. The van der Waals surface area contributed by atoms with Gasteiger partial charge in [0, 0.05) is 36.3 Å². The van der Waals surface area contributed by atoms with Crippen molar-refractivity contribution in [1.29, 1.82) is 0 Å². The highest BCUT2D eigenvalue weighted by atomic mass is 19.1. The van der Waals surface area contributed by atoms with Gasteiger partial charge in [0.05, 0.1) is 17.7 Å². The molecule has 0 radical (unpaired) electrons. The number of ether oxygens (including phenoxy) is 1. The number of nitrogens with one attached hydrogen (secondary N) is 1. The van der Waals surface area contributed by atoms with Gasteiger partial charge >= 0.3 is 5.69 Å². The molecule has 4 rings (SSSR count). The topological polar surface area (TPSA) is 110 Å². The number of rotatable bonds is 6. The maximum atomic E-state index is 13.5. The van der Waals surface area contributed by atoms with Crippen molar-refractivity contribution >= 4 is 23.1 Å². The molecule has 2 heterocycles. The number of carbonyl (C=O) groups is 1. The maximum absolute atomic E-state index is 13.5. The lowest BCUT2D eigenvalue weighted by atomic mass is 9.95. The van der Waals surface area contributed by atoms with Crippen LogP contribution >= 0.6 is 0 Å². The number of nitrogens with zero attached hydrogens (tertiary/aromatic N) is 4. The molecule has 3 aromatic rings. The smallest absolute Gasteiger partial charge is 0.306 e. The van der Waals surface area contributed by atoms with Crippen molar-refractivity contribution in [2.75, 3.05) is 30.4 Å². The Kier molecular flexibility index (Phi) is 6.43. The summed E-state index contributed by atoms with van der Waals surface area (Å²) in [6.45, 7) is 1.23. The number of anilines is 2. The third-order valence-electron chi connectivity index (χ3n) is 5.63. The van der Waals surface area contributed by atoms with Gasteiger partial charge in [0.15, 0.2) is 5.82 Å². The van der Waals surface area contributed by atoms with Crippen molar-refractivity contribution in [3.63, 3.8) is 0 Å². The number of hydrogen-bond donors (Lipinski definition) is 1. The quantitative estimate of drug-likeness (QED) is 0.445. The Balaban J connectivity index is 1.36. The first kappa shape index (κ1) is 22.1. The molecule has 0 atom stereocenters. The number of nitro benzene ring substituents is 1. The summed E-state index contributed by atoms with van der Waals surface area (Å²) in [5.74, 6) is 0.00278. The molecule has 1 amide bonds. The highest BCUT2D eigenvalue weighted by molar-refractivity contribution is 5.93. The molecule has 1 aromatic heterocycles. The molecule has 2 aromatic carbocycles. The highest BCUT2D eigenvalue weighted by Gasteiger charge is 2.26. The van der Waals surface area contributed by atoms with E-state index in [0.29, 0.717) is 31.6 Å². The van der Waals surface area contributed by atoms with E-state index in [-0.39, 0.29) is 17.5 Å². The number of methoxy groups -OCH3 is 1. The summed E-state index contributed by atoms with van der Waals surface area (Å²) >= 11 is 0. The average Bonchev–Trinajstić information content (AvgIpc) is 2.85. The lowest BCUT2D eigenvalue weighted by Crippen LogP contribution is -2.38. The van der Waals surface area contributed by atoms with Gasteiger partial charge in [-0.3, -0.25) is 14.9 Å². The van der Waals surface area contributed by atoms with Gasteiger partial charge in [0.25, 0.3) is 0 Å². The van der Waals surface area contributed by atoms with Crippen molar-refractivity contribution in [1.82, 2.24) is 10.2 Å². The van der Waals surface area contributed by atoms with E-state index in [4.69, 9.17) is 4.74 Å². The second-order valence-electron chi connectivity index (χ2n) is 7.65. The van der Waals surface area contributed by atoms with Crippen LogP contribution in [0, 0.1) is 21.8 Å². The summed E-state index contributed by atoms with van der Waals surface area (Å²) in [6.07, 6.45) is 1.18. The van der Waals surface area contributed by atoms with Crippen LogP contribution in [0.1, 0.15) is 12.8 Å². The number of benzene rings is 2. The first-order valence-electron chi connectivity index (χ1n) is 10.4. The molecule has 1 aliphatic heterocycles. The van der Waals surface area contributed by atoms with Crippen molar-refractivity contribution in [3.05, 3.63) is 70.5 Å². The Labute approximate surface area is 189 Å². The number of carbonyl (C=O) groups excluding carboxylic acids is 1. The van der Waals surface area contributed by atoms with E-state index in [9.17, 15) is 19.3 Å². The van der Waals surface area contributed by atoms with Gasteiger partial charge in [-0.1, -0.05) is 12.1 Å². The van der Waals surface area contributed by atoms with E-state index in [0.717, 1.165) is 29.3 Å². The predicted molar refractivity (Wildman–Crippen MR) is 121 cm³/mol. The number of amides is 1. The van der Waals surface area contributed by atoms with Crippen molar-refractivity contribution in [2.45, 2.75) is 12.8 Å². The van der Waals surface area contributed by atoms with Gasteiger partial charge in [-0.2, -0.15) is 4.39 Å². The molecule has 0 unspecified atom stereocenters. The molecule has 1 aliphatic rings. The SMILES string of the molecule is COc1ccccc1-c1ccc(N2CCC(C(=O)Nc3ccc(F)c([N+](=O)[O-])c3)CC2)nn1. The van der Waals surface area contributed by atoms with E-state index in [2.05, 4.69) is 20.4 Å². The first-order chi connectivity index (χ1) is 16.0. The number of hydrogen-bond acceptors (Lipinski definition) is 7. The van der Waals surface area contributed by atoms with Crippen LogP contribution in [0.5, 0.6) is 5.75 Å². The fourth-order valence-electron chi connectivity index (χ4n) is 3.84. The predicted octanol–water partition coefficient (Wildman–Crippen LogP) is 4.05. The van der Waals surface area contributed by atoms with Crippen molar-refractivity contribution in [2.24, 2.45) is 5.92 Å². The second kappa shape index (κ2) is 9.60. The van der Waals surface area contributed by atoms with Gasteiger partial charge in [-0.25, -0.2) is 0 Å². The van der Waals surface area contributed by atoms with Gasteiger partial charge in [0.1, 0.15) is 5.75 Å². The Morgan fingerprint density at radius 1 is 1.15 bits per heavy atom. The van der Waals surface area contributed by atoms with Crippen LogP contribution in [0.15, 0.2) is 54.6 Å². The molecular weight excluding hydrogens is 429 g/mol. The minimum Gasteiger partial charge on any atom is -0.496 e.